The number of fused-ring (bicyclic) bond motifs is 1. The van der Waals surface area contributed by atoms with E-state index in [-0.39, 0.29) is 23.2 Å². The molecule has 1 aliphatic rings. The number of aromatic nitrogens is 1. The maximum atomic E-state index is 13.0. The van der Waals surface area contributed by atoms with Crippen LogP contribution in [0.1, 0.15) is 30.5 Å². The lowest BCUT2D eigenvalue weighted by Crippen LogP contribution is -2.38. The van der Waals surface area contributed by atoms with Gasteiger partial charge in [0.2, 0.25) is 0 Å². The van der Waals surface area contributed by atoms with Crippen LogP contribution in [0.4, 0.5) is 4.79 Å². The Labute approximate surface area is 144 Å². The molecule has 2 aromatic rings. The Kier molecular flexibility index (Phi) is 4.41. The highest BCUT2D eigenvalue weighted by Gasteiger charge is 2.26. The number of carbonyl (C=O) groups excluding carboxylic acids is 1. The highest BCUT2D eigenvalue weighted by Crippen LogP contribution is 2.38. The highest BCUT2D eigenvalue weighted by atomic mass is 35.5. The van der Waals surface area contributed by atoms with Gasteiger partial charge in [0.25, 0.3) is 0 Å². The molecule has 0 spiro atoms. The number of carboxylic acids is 1. The van der Waals surface area contributed by atoms with Gasteiger partial charge in [-0.05, 0) is 43.9 Å². The van der Waals surface area contributed by atoms with E-state index in [4.69, 9.17) is 11.6 Å². The molecule has 0 unspecified atom stereocenters. The molecule has 7 heteroatoms. The molecule has 6 nitrogen and oxygen atoms in total. The Balaban J connectivity index is 2.20. The first-order valence-corrected chi connectivity index (χ1v) is 8.32. The minimum Gasteiger partial charge on any atom is -0.506 e. The van der Waals surface area contributed by atoms with E-state index in [1.165, 1.54) is 10.6 Å². The van der Waals surface area contributed by atoms with E-state index in [1.807, 2.05) is 0 Å². The number of phenols is 1. The molecule has 1 aliphatic heterocycles. The van der Waals surface area contributed by atoms with Gasteiger partial charge in [-0.15, -0.1) is 0 Å². The second-order valence-corrected chi connectivity index (χ2v) is 6.47. The zero-order valence-electron chi connectivity index (χ0n) is 13.4. The topological polar surface area (TPSA) is 82.8 Å². The summed E-state index contributed by atoms with van der Waals surface area (Å²) in [6.07, 6.45) is 2.78. The Morgan fingerprint density at radius 2 is 1.88 bits per heavy atom. The number of aromatic hydroxyl groups is 1. The van der Waals surface area contributed by atoms with Gasteiger partial charge in [-0.3, -0.25) is 9.36 Å². The van der Waals surface area contributed by atoms with Gasteiger partial charge in [0.1, 0.15) is 5.75 Å². The molecule has 0 aliphatic carbocycles. The first-order chi connectivity index (χ1) is 11.4. The van der Waals surface area contributed by atoms with E-state index in [2.05, 4.69) is 0 Å². The summed E-state index contributed by atoms with van der Waals surface area (Å²) in [5.74, 6) is -1.14. The summed E-state index contributed by atoms with van der Waals surface area (Å²) in [6, 6.07) is 2.86. The third kappa shape index (κ3) is 2.71. The molecule has 128 valence electrons. The van der Waals surface area contributed by atoms with E-state index in [9.17, 15) is 19.8 Å². The van der Waals surface area contributed by atoms with Gasteiger partial charge >= 0.3 is 12.0 Å². The lowest BCUT2D eigenvalue weighted by molar-refractivity contribution is -0.136. The zero-order valence-corrected chi connectivity index (χ0v) is 14.1. The molecule has 0 atom stereocenters. The lowest BCUT2D eigenvalue weighted by Gasteiger charge is -2.27. The fourth-order valence-electron chi connectivity index (χ4n) is 3.37. The van der Waals surface area contributed by atoms with Gasteiger partial charge in [-0.1, -0.05) is 11.6 Å². The first kappa shape index (κ1) is 16.6. The van der Waals surface area contributed by atoms with Crippen LogP contribution >= 0.6 is 11.6 Å². The van der Waals surface area contributed by atoms with Crippen LogP contribution in [0.15, 0.2) is 12.1 Å². The van der Waals surface area contributed by atoms with Gasteiger partial charge < -0.3 is 15.1 Å². The molecule has 1 aromatic carbocycles. The van der Waals surface area contributed by atoms with Crippen molar-refractivity contribution in [2.75, 3.05) is 13.1 Å². The fraction of sp³-hybridized carbons (Fsp3) is 0.412. The van der Waals surface area contributed by atoms with Gasteiger partial charge in [0.15, 0.2) is 0 Å². The summed E-state index contributed by atoms with van der Waals surface area (Å²) in [7, 11) is 0. The number of rotatable bonds is 2. The molecular weight excluding hydrogens is 332 g/mol. The largest absolute Gasteiger partial charge is 0.506 e. The number of likely N-dealkylation sites (tertiary alicyclic amines) is 1. The molecule has 2 N–H and O–H groups in total. The molecule has 1 fully saturated rings. The first-order valence-electron chi connectivity index (χ1n) is 7.94. The van der Waals surface area contributed by atoms with Crippen LogP contribution in [0, 0.1) is 6.92 Å². The number of benzene rings is 1. The number of nitrogens with zero attached hydrogens (tertiary/aromatic N) is 2. The van der Waals surface area contributed by atoms with Crippen LogP contribution in [0.5, 0.6) is 5.75 Å². The summed E-state index contributed by atoms with van der Waals surface area (Å²) in [4.78, 5) is 26.0. The monoisotopic (exact) mass is 350 g/mol. The summed E-state index contributed by atoms with van der Waals surface area (Å²) in [5, 5.41) is 19.6. The van der Waals surface area contributed by atoms with E-state index in [0.29, 0.717) is 35.2 Å². The predicted octanol–water partition coefficient (Wildman–Crippen LogP) is 3.39. The number of piperidine rings is 1. The third-order valence-corrected chi connectivity index (χ3v) is 4.94. The van der Waals surface area contributed by atoms with Gasteiger partial charge in [0, 0.05) is 24.2 Å². The van der Waals surface area contributed by atoms with Crippen molar-refractivity contribution in [3.63, 3.8) is 0 Å². The van der Waals surface area contributed by atoms with Crippen LogP contribution in [0.2, 0.25) is 5.02 Å². The normalized spacial score (nSPS) is 15.0. The number of amides is 1. The quantitative estimate of drug-likeness (QED) is 0.869. The third-order valence-electron chi connectivity index (χ3n) is 4.56. The minimum atomic E-state index is -1.01. The second kappa shape index (κ2) is 6.36. The van der Waals surface area contributed by atoms with E-state index >= 15 is 0 Å². The molecule has 1 amide bonds. The average molecular weight is 351 g/mol. The van der Waals surface area contributed by atoms with Crippen LogP contribution in [0.25, 0.3) is 10.9 Å². The molecule has 2 heterocycles. The molecule has 1 aromatic heterocycles. The summed E-state index contributed by atoms with van der Waals surface area (Å²) in [5.41, 5.74) is 1.54. The van der Waals surface area contributed by atoms with Gasteiger partial charge in [-0.2, -0.15) is 0 Å². The maximum Gasteiger partial charge on any atom is 0.328 e. The van der Waals surface area contributed by atoms with Crippen molar-refractivity contribution < 1.29 is 19.8 Å². The Hall–Kier alpha value is -2.21. The summed E-state index contributed by atoms with van der Waals surface area (Å²) in [6.45, 7) is 3.10. The number of hydrogen-bond donors (Lipinski definition) is 2. The number of aliphatic carboxylic acids is 1. The number of phenolic OH excluding ortho intramolecular Hbond substituents is 1. The van der Waals surface area contributed by atoms with Crippen LogP contribution < -0.4 is 0 Å². The second-order valence-electron chi connectivity index (χ2n) is 6.09. The van der Waals surface area contributed by atoms with E-state index in [1.54, 1.807) is 17.9 Å². The smallest absolute Gasteiger partial charge is 0.328 e. The highest BCUT2D eigenvalue weighted by molar-refractivity contribution is 6.37. The zero-order chi connectivity index (χ0) is 17.4. The molecule has 0 bridgehead atoms. The lowest BCUT2D eigenvalue weighted by atomic mass is 10.1. The van der Waals surface area contributed by atoms with Crippen molar-refractivity contribution in [2.24, 2.45) is 0 Å². The predicted molar refractivity (Wildman–Crippen MR) is 90.9 cm³/mol. The number of carboxylic acid groups (broad SMARTS) is 1. The summed E-state index contributed by atoms with van der Waals surface area (Å²) >= 11 is 6.21. The molecule has 24 heavy (non-hydrogen) atoms. The number of hydrogen-bond acceptors (Lipinski definition) is 3. The number of carbonyl (C=O) groups is 2. The van der Waals surface area contributed by atoms with Crippen molar-refractivity contribution >= 4 is 34.5 Å². The Bertz CT molecular complexity index is 822. The van der Waals surface area contributed by atoms with E-state index < -0.39 is 5.97 Å². The van der Waals surface area contributed by atoms with Crippen molar-refractivity contribution in [1.29, 1.82) is 0 Å². The van der Waals surface area contributed by atoms with Crippen LogP contribution in [-0.4, -0.2) is 44.8 Å². The molecular formula is C17H19ClN2O4. The van der Waals surface area contributed by atoms with Crippen molar-refractivity contribution in [2.45, 2.75) is 32.6 Å². The standard InChI is InChI=1S/C17H19ClN2O4/c1-10-11(9-14(22)23)15-12(5-6-13(21)16(15)18)20(10)17(24)19-7-3-2-4-8-19/h5-6,21H,2-4,7-9H2,1H3,(H,22,23). The Morgan fingerprint density at radius 3 is 2.50 bits per heavy atom. The average Bonchev–Trinajstić information content (AvgIpc) is 2.83. The Morgan fingerprint density at radius 1 is 1.21 bits per heavy atom. The molecule has 0 saturated carbocycles. The van der Waals surface area contributed by atoms with E-state index in [0.717, 1.165) is 19.3 Å². The molecule has 1 saturated heterocycles. The fourth-order valence-corrected chi connectivity index (χ4v) is 3.64. The molecule has 3 rings (SSSR count). The van der Waals surface area contributed by atoms with Crippen molar-refractivity contribution in [3.05, 3.63) is 28.4 Å². The van der Waals surface area contributed by atoms with Crippen molar-refractivity contribution in [1.82, 2.24) is 9.47 Å². The molecule has 0 radical (unpaired) electrons. The van der Waals surface area contributed by atoms with Crippen LogP contribution in [0.3, 0.4) is 0 Å². The van der Waals surface area contributed by atoms with Crippen LogP contribution in [-0.2, 0) is 11.2 Å². The van der Waals surface area contributed by atoms with Gasteiger partial charge in [0.05, 0.1) is 17.0 Å². The number of halogens is 1. The SMILES string of the molecule is Cc1c(CC(=O)O)c2c(Cl)c(O)ccc2n1C(=O)N1CCCCC1. The van der Waals surface area contributed by atoms with Crippen molar-refractivity contribution in [3.8, 4) is 5.75 Å². The minimum absolute atomic E-state index is 0.0806. The summed E-state index contributed by atoms with van der Waals surface area (Å²) < 4.78 is 1.52. The maximum absolute atomic E-state index is 13.0. The van der Waals surface area contributed by atoms with Gasteiger partial charge in [-0.25, -0.2) is 4.79 Å².